The predicted octanol–water partition coefficient (Wildman–Crippen LogP) is 5.19. The number of likely N-dealkylation sites (tertiary alicyclic amines) is 2. The second-order valence-electron chi connectivity index (χ2n) is 13.5. The number of piperazine rings is 1. The van der Waals surface area contributed by atoms with Crippen LogP contribution in [0.4, 0.5) is 24.5 Å². The van der Waals surface area contributed by atoms with Crippen LogP contribution < -0.4 is 10.2 Å². The molecule has 0 spiro atoms. The number of aromatic amines is 1. The van der Waals surface area contributed by atoms with Crippen LogP contribution in [0.2, 0.25) is 0 Å². The van der Waals surface area contributed by atoms with E-state index in [4.69, 9.17) is 4.74 Å². The first kappa shape index (κ1) is 32.8. The number of carbonyl (C=O) groups excluding carboxylic acids is 2. The maximum atomic E-state index is 13.8. The molecule has 0 radical (unpaired) electrons. The fourth-order valence-electron chi connectivity index (χ4n) is 7.69. The minimum atomic E-state index is -3.04. The highest BCUT2D eigenvalue weighted by atomic mass is 19.3. The highest BCUT2D eigenvalue weighted by Crippen LogP contribution is 2.37. The number of ether oxygens (including phenoxy) is 1. The molecule has 11 nitrogen and oxygen atoms in total. The van der Waals surface area contributed by atoms with Crippen molar-refractivity contribution in [1.82, 2.24) is 30.0 Å². The molecule has 3 aliphatic heterocycles. The van der Waals surface area contributed by atoms with Crippen molar-refractivity contribution in [3.8, 4) is 22.6 Å². The van der Waals surface area contributed by atoms with Crippen LogP contribution >= 0.6 is 0 Å². The number of nitrogens with one attached hydrogen (secondary N) is 2. The average Bonchev–Trinajstić information content (AvgIpc) is 3.95. The molecular formula is C37H35F3N8O3. The fraction of sp³-hybridized carbons (Fsp3) is 0.324. The topological polar surface area (TPSA) is 120 Å². The van der Waals surface area contributed by atoms with Gasteiger partial charge in [0.25, 0.3) is 0 Å². The molecule has 3 atom stereocenters. The monoisotopic (exact) mass is 696 g/mol. The van der Waals surface area contributed by atoms with E-state index in [-0.39, 0.29) is 43.3 Å². The van der Waals surface area contributed by atoms with Gasteiger partial charge in [0.1, 0.15) is 5.82 Å². The van der Waals surface area contributed by atoms with Gasteiger partial charge in [-0.25, -0.2) is 14.4 Å². The number of rotatable bonds is 10. The van der Waals surface area contributed by atoms with E-state index in [1.165, 1.54) is 12.1 Å². The van der Waals surface area contributed by atoms with Gasteiger partial charge >= 0.3 is 6.61 Å². The highest BCUT2D eigenvalue weighted by molar-refractivity contribution is 6.00. The number of aromatic nitrogens is 4. The van der Waals surface area contributed by atoms with Crippen molar-refractivity contribution < 1.29 is 27.5 Å². The number of fused-ring (bicyclic) bond motifs is 3. The molecular weight excluding hydrogens is 661 g/mol. The van der Waals surface area contributed by atoms with E-state index in [1.807, 2.05) is 21.9 Å². The van der Waals surface area contributed by atoms with E-state index in [2.05, 4.69) is 42.5 Å². The zero-order valence-corrected chi connectivity index (χ0v) is 27.5. The molecule has 2 amide bonds. The molecule has 2 aromatic heterocycles. The molecule has 8 rings (SSSR count). The lowest BCUT2D eigenvalue weighted by Gasteiger charge is -2.36. The van der Waals surface area contributed by atoms with Crippen LogP contribution in [0.15, 0.2) is 85.2 Å². The standard InChI is InChI=1S/C37H35F3N8O3/c38-25-6-2-23(3-7-25)33-30-16-26(8-11-31(30)44-45-33)43-35(50)37(22-51-36(39)40)12-15-46(21-37)20-32(49)48-19-28-17-29(48)18-47(28)27-9-4-24(5-10-27)34-41-13-1-14-42-34/h1-11,13-14,16,28-29,36H,12,15,17-22H2,(H,43,50)(H,44,45)/t28-,29-,37?/m0/s1. The third-order valence-electron chi connectivity index (χ3n) is 10.3. The van der Waals surface area contributed by atoms with Gasteiger partial charge in [-0.15, -0.1) is 0 Å². The number of amides is 2. The van der Waals surface area contributed by atoms with Crippen LogP contribution in [0, 0.1) is 11.2 Å². The van der Waals surface area contributed by atoms with E-state index in [0.717, 1.165) is 24.2 Å². The van der Waals surface area contributed by atoms with Gasteiger partial charge in [0.15, 0.2) is 5.82 Å². The minimum Gasteiger partial charge on any atom is -0.365 e. The number of hydrogen-bond acceptors (Lipinski definition) is 8. The third-order valence-corrected chi connectivity index (χ3v) is 10.3. The average molecular weight is 697 g/mol. The molecule has 5 heterocycles. The van der Waals surface area contributed by atoms with Crippen molar-refractivity contribution in [3.63, 3.8) is 0 Å². The van der Waals surface area contributed by atoms with Crippen LogP contribution in [0.5, 0.6) is 0 Å². The van der Waals surface area contributed by atoms with Gasteiger partial charge < -0.3 is 19.9 Å². The molecule has 0 saturated carbocycles. The Balaban J connectivity index is 0.914. The molecule has 262 valence electrons. The smallest absolute Gasteiger partial charge is 0.345 e. The summed E-state index contributed by atoms with van der Waals surface area (Å²) in [6.07, 6.45) is 4.55. The van der Waals surface area contributed by atoms with E-state index >= 15 is 0 Å². The van der Waals surface area contributed by atoms with Crippen molar-refractivity contribution in [1.29, 1.82) is 0 Å². The summed E-state index contributed by atoms with van der Waals surface area (Å²) >= 11 is 0. The highest BCUT2D eigenvalue weighted by Gasteiger charge is 2.48. The Kier molecular flexibility index (Phi) is 8.64. The number of halogens is 3. The summed E-state index contributed by atoms with van der Waals surface area (Å²) in [5, 5.41) is 10.9. The summed E-state index contributed by atoms with van der Waals surface area (Å²) < 4.78 is 44.9. The predicted molar refractivity (Wildman–Crippen MR) is 184 cm³/mol. The SMILES string of the molecule is O=C(CN1CCC(COC(F)F)(C(=O)Nc2ccc3[nH]nc(-c4ccc(F)cc4)c3c2)C1)N1C[C@@H]2C[C@H]1CN2c1ccc(-c2ncccn2)cc1. The minimum absolute atomic E-state index is 0.0385. The zero-order valence-electron chi connectivity index (χ0n) is 27.5. The van der Waals surface area contributed by atoms with Gasteiger partial charge in [0.2, 0.25) is 11.8 Å². The maximum absolute atomic E-state index is 13.8. The second-order valence-corrected chi connectivity index (χ2v) is 13.5. The number of benzene rings is 3. The normalized spacial score (nSPS) is 21.6. The van der Waals surface area contributed by atoms with Crippen molar-refractivity contribution in [2.45, 2.75) is 31.5 Å². The summed E-state index contributed by atoms with van der Waals surface area (Å²) in [4.78, 5) is 42.2. The van der Waals surface area contributed by atoms with Crippen LogP contribution in [0.25, 0.3) is 33.5 Å². The summed E-state index contributed by atoms with van der Waals surface area (Å²) in [5.41, 5.74) is 3.16. The quantitative estimate of drug-likeness (QED) is 0.205. The summed E-state index contributed by atoms with van der Waals surface area (Å²) in [5.74, 6) is -0.207. The van der Waals surface area contributed by atoms with Crippen LogP contribution in [0.3, 0.4) is 0 Å². The Morgan fingerprint density at radius 3 is 2.47 bits per heavy atom. The first-order valence-electron chi connectivity index (χ1n) is 16.9. The van der Waals surface area contributed by atoms with Crippen molar-refractivity contribution in [2.75, 3.05) is 49.5 Å². The number of H-pyrrole nitrogens is 1. The molecule has 2 bridgehead atoms. The van der Waals surface area contributed by atoms with E-state index in [1.54, 1.807) is 48.8 Å². The maximum Gasteiger partial charge on any atom is 0.345 e. The van der Waals surface area contributed by atoms with E-state index in [9.17, 15) is 22.8 Å². The molecule has 3 saturated heterocycles. The van der Waals surface area contributed by atoms with Gasteiger partial charge in [0, 0.05) is 66.0 Å². The Morgan fingerprint density at radius 2 is 1.75 bits per heavy atom. The number of anilines is 2. The van der Waals surface area contributed by atoms with Crippen LogP contribution in [-0.2, 0) is 14.3 Å². The lowest BCUT2D eigenvalue weighted by atomic mass is 9.86. The Morgan fingerprint density at radius 1 is 0.980 bits per heavy atom. The number of hydrogen-bond donors (Lipinski definition) is 2. The van der Waals surface area contributed by atoms with Crippen molar-refractivity contribution in [3.05, 3.63) is 91.0 Å². The molecule has 2 N–H and O–H groups in total. The van der Waals surface area contributed by atoms with E-state index in [0.29, 0.717) is 46.8 Å². The molecule has 5 aromatic rings. The van der Waals surface area contributed by atoms with Gasteiger partial charge in [-0.05, 0) is 92.2 Å². The number of carbonyl (C=O) groups is 2. The number of alkyl halides is 2. The zero-order chi connectivity index (χ0) is 35.1. The summed E-state index contributed by atoms with van der Waals surface area (Å²) in [7, 11) is 0. The van der Waals surface area contributed by atoms with Gasteiger partial charge in [-0.3, -0.25) is 19.6 Å². The van der Waals surface area contributed by atoms with Crippen LogP contribution in [0.1, 0.15) is 12.8 Å². The largest absolute Gasteiger partial charge is 0.365 e. The van der Waals surface area contributed by atoms with Gasteiger partial charge in [-0.2, -0.15) is 13.9 Å². The molecule has 0 aliphatic carbocycles. The van der Waals surface area contributed by atoms with Crippen LogP contribution in [-0.4, -0.2) is 99.8 Å². The van der Waals surface area contributed by atoms with Gasteiger partial charge in [0.05, 0.1) is 35.8 Å². The Hall–Kier alpha value is -5.34. The third kappa shape index (κ3) is 6.52. The van der Waals surface area contributed by atoms with Gasteiger partial charge in [-0.1, -0.05) is 0 Å². The molecule has 14 heteroatoms. The van der Waals surface area contributed by atoms with Crippen molar-refractivity contribution in [2.24, 2.45) is 5.41 Å². The molecule has 3 aliphatic rings. The molecule has 51 heavy (non-hydrogen) atoms. The Labute approximate surface area is 291 Å². The lowest BCUT2D eigenvalue weighted by molar-refractivity contribution is -0.159. The molecule has 1 unspecified atom stereocenters. The van der Waals surface area contributed by atoms with E-state index < -0.39 is 24.5 Å². The summed E-state index contributed by atoms with van der Waals surface area (Å²) in [6.45, 7) is -1.66. The first-order chi connectivity index (χ1) is 24.7. The molecule has 3 fully saturated rings. The fourth-order valence-corrected chi connectivity index (χ4v) is 7.69. The number of nitrogens with zero attached hydrogens (tertiary/aromatic N) is 6. The molecule has 3 aromatic carbocycles. The Bertz CT molecular complexity index is 2050. The van der Waals surface area contributed by atoms with Crippen molar-refractivity contribution >= 4 is 34.1 Å². The second kappa shape index (κ2) is 13.4. The lowest BCUT2D eigenvalue weighted by Crippen LogP contribution is -2.51. The summed E-state index contributed by atoms with van der Waals surface area (Å²) in [6, 6.07) is 21.3. The first-order valence-corrected chi connectivity index (χ1v) is 16.9.